The second-order valence-corrected chi connectivity index (χ2v) is 5.47. The van der Waals surface area contributed by atoms with Crippen molar-refractivity contribution in [3.8, 4) is 0 Å². The summed E-state index contributed by atoms with van der Waals surface area (Å²) in [7, 11) is 0. The van der Waals surface area contributed by atoms with E-state index in [1.54, 1.807) is 0 Å². The van der Waals surface area contributed by atoms with Gasteiger partial charge in [0.15, 0.2) is 0 Å². The first-order valence-corrected chi connectivity index (χ1v) is 6.85. The quantitative estimate of drug-likeness (QED) is 0.885. The number of benzene rings is 1. The minimum atomic E-state index is -0.0111. The van der Waals surface area contributed by atoms with Crippen LogP contribution in [0, 0.1) is 5.92 Å². The molecule has 0 radical (unpaired) electrons. The Morgan fingerprint density at radius 2 is 2.00 bits per heavy atom. The summed E-state index contributed by atoms with van der Waals surface area (Å²) in [4.78, 5) is 14.5. The SMILES string of the molecule is CCC1NC(c2ccccc2)N(C2CC2C)C1=O. The Labute approximate surface area is 108 Å². The van der Waals surface area contributed by atoms with E-state index in [9.17, 15) is 4.79 Å². The molecule has 4 atom stereocenters. The van der Waals surface area contributed by atoms with Crippen molar-refractivity contribution in [3.63, 3.8) is 0 Å². The Balaban J connectivity index is 1.90. The fourth-order valence-electron chi connectivity index (χ4n) is 2.88. The molecule has 1 saturated heterocycles. The van der Waals surface area contributed by atoms with Crippen LogP contribution >= 0.6 is 0 Å². The maximum Gasteiger partial charge on any atom is 0.241 e. The summed E-state index contributed by atoms with van der Waals surface area (Å²) in [6, 6.07) is 10.7. The molecule has 18 heavy (non-hydrogen) atoms. The molecule has 0 bridgehead atoms. The molecule has 0 spiro atoms. The highest BCUT2D eigenvalue weighted by Crippen LogP contribution is 2.42. The lowest BCUT2D eigenvalue weighted by Gasteiger charge is -2.24. The van der Waals surface area contributed by atoms with Crippen molar-refractivity contribution >= 4 is 5.91 Å². The predicted molar refractivity (Wildman–Crippen MR) is 70.8 cm³/mol. The minimum absolute atomic E-state index is 0.0111. The van der Waals surface area contributed by atoms with Gasteiger partial charge in [0, 0.05) is 6.04 Å². The Hall–Kier alpha value is -1.35. The molecule has 1 heterocycles. The Kier molecular flexibility index (Phi) is 2.86. The highest BCUT2D eigenvalue weighted by molar-refractivity contribution is 5.85. The van der Waals surface area contributed by atoms with Crippen LogP contribution in [-0.2, 0) is 4.79 Å². The van der Waals surface area contributed by atoms with Crippen LogP contribution in [0.4, 0.5) is 0 Å². The molecule has 1 N–H and O–H groups in total. The first-order valence-electron chi connectivity index (χ1n) is 6.85. The third-order valence-electron chi connectivity index (χ3n) is 4.14. The molecule has 1 amide bonds. The largest absolute Gasteiger partial charge is 0.318 e. The van der Waals surface area contributed by atoms with Gasteiger partial charge in [0.25, 0.3) is 0 Å². The third kappa shape index (κ3) is 1.83. The summed E-state index contributed by atoms with van der Waals surface area (Å²) in [6.07, 6.45) is 2.08. The summed E-state index contributed by atoms with van der Waals surface area (Å²) < 4.78 is 0. The van der Waals surface area contributed by atoms with Gasteiger partial charge < -0.3 is 4.90 Å². The first-order chi connectivity index (χ1) is 8.72. The van der Waals surface area contributed by atoms with Crippen LogP contribution in [0.25, 0.3) is 0 Å². The number of carbonyl (C=O) groups excluding carboxylic acids is 1. The van der Waals surface area contributed by atoms with Crippen LogP contribution in [-0.4, -0.2) is 22.9 Å². The van der Waals surface area contributed by atoms with Gasteiger partial charge in [-0.1, -0.05) is 44.2 Å². The molecule has 2 aliphatic rings. The fourth-order valence-corrected chi connectivity index (χ4v) is 2.88. The lowest BCUT2D eigenvalue weighted by Crippen LogP contribution is -2.33. The van der Waals surface area contributed by atoms with E-state index in [2.05, 4.69) is 36.2 Å². The molecule has 1 saturated carbocycles. The average molecular weight is 244 g/mol. The maximum absolute atomic E-state index is 12.4. The normalized spacial score (nSPS) is 35.0. The van der Waals surface area contributed by atoms with E-state index in [1.165, 1.54) is 5.56 Å². The van der Waals surface area contributed by atoms with Gasteiger partial charge >= 0.3 is 0 Å². The lowest BCUT2D eigenvalue weighted by molar-refractivity contribution is -0.130. The monoisotopic (exact) mass is 244 g/mol. The third-order valence-corrected chi connectivity index (χ3v) is 4.14. The number of hydrogen-bond donors (Lipinski definition) is 1. The molecular weight excluding hydrogens is 224 g/mol. The van der Waals surface area contributed by atoms with Gasteiger partial charge in [-0.3, -0.25) is 10.1 Å². The molecule has 96 valence electrons. The summed E-state index contributed by atoms with van der Waals surface area (Å²) >= 11 is 0. The van der Waals surface area contributed by atoms with Crippen molar-refractivity contribution in [3.05, 3.63) is 35.9 Å². The zero-order valence-electron chi connectivity index (χ0n) is 11.0. The summed E-state index contributed by atoms with van der Waals surface area (Å²) in [5.41, 5.74) is 1.20. The van der Waals surface area contributed by atoms with Crippen LogP contribution in [0.2, 0.25) is 0 Å². The van der Waals surface area contributed by atoms with E-state index in [4.69, 9.17) is 0 Å². The van der Waals surface area contributed by atoms with Crippen molar-refractivity contribution in [1.82, 2.24) is 10.2 Å². The number of rotatable bonds is 3. The van der Waals surface area contributed by atoms with Crippen molar-refractivity contribution < 1.29 is 4.79 Å². The summed E-state index contributed by atoms with van der Waals surface area (Å²) in [5.74, 6) is 0.929. The molecule has 4 unspecified atom stereocenters. The zero-order valence-corrected chi connectivity index (χ0v) is 11.0. The number of hydrogen-bond acceptors (Lipinski definition) is 2. The topological polar surface area (TPSA) is 32.3 Å². The van der Waals surface area contributed by atoms with Gasteiger partial charge in [-0.2, -0.15) is 0 Å². The van der Waals surface area contributed by atoms with Crippen LogP contribution in [0.15, 0.2) is 30.3 Å². The van der Waals surface area contributed by atoms with E-state index in [0.29, 0.717) is 12.0 Å². The Morgan fingerprint density at radius 3 is 2.56 bits per heavy atom. The molecule has 0 aromatic heterocycles. The molecule has 1 aromatic rings. The van der Waals surface area contributed by atoms with Crippen molar-refractivity contribution in [1.29, 1.82) is 0 Å². The summed E-state index contributed by atoms with van der Waals surface area (Å²) in [6.45, 7) is 4.29. The van der Waals surface area contributed by atoms with Gasteiger partial charge in [-0.15, -0.1) is 0 Å². The Morgan fingerprint density at radius 1 is 1.33 bits per heavy atom. The standard InChI is InChI=1S/C15H20N2O/c1-3-12-15(18)17(13-9-10(13)2)14(16-12)11-7-5-4-6-8-11/h4-8,10,12-14,16H,3,9H2,1-2H3. The smallest absolute Gasteiger partial charge is 0.241 e. The Bertz CT molecular complexity index is 445. The van der Waals surface area contributed by atoms with Crippen molar-refractivity contribution in [2.24, 2.45) is 5.92 Å². The van der Waals surface area contributed by atoms with E-state index < -0.39 is 0 Å². The molecule has 1 aromatic carbocycles. The molecule has 2 fully saturated rings. The molecule has 3 nitrogen and oxygen atoms in total. The van der Waals surface area contributed by atoms with Gasteiger partial charge in [-0.05, 0) is 24.3 Å². The highest BCUT2D eigenvalue weighted by atomic mass is 16.2. The molecule has 3 rings (SSSR count). The van der Waals surface area contributed by atoms with Gasteiger partial charge in [0.1, 0.15) is 6.17 Å². The van der Waals surface area contributed by atoms with Gasteiger partial charge in [0.2, 0.25) is 5.91 Å². The second-order valence-electron chi connectivity index (χ2n) is 5.47. The van der Waals surface area contributed by atoms with Crippen molar-refractivity contribution in [2.75, 3.05) is 0 Å². The molecular formula is C15H20N2O. The minimum Gasteiger partial charge on any atom is -0.318 e. The molecule has 1 aliphatic heterocycles. The van der Waals surface area contributed by atoms with E-state index >= 15 is 0 Å². The second kappa shape index (κ2) is 4.39. The molecule has 1 aliphatic carbocycles. The summed E-state index contributed by atoms with van der Waals surface area (Å²) in [5, 5.41) is 3.48. The predicted octanol–water partition coefficient (Wildman–Crippen LogP) is 2.30. The first kappa shape index (κ1) is 11.7. The number of nitrogens with zero attached hydrogens (tertiary/aromatic N) is 1. The number of nitrogens with one attached hydrogen (secondary N) is 1. The van der Waals surface area contributed by atoms with Crippen LogP contribution < -0.4 is 5.32 Å². The van der Waals surface area contributed by atoms with E-state index in [-0.39, 0.29) is 18.1 Å². The lowest BCUT2D eigenvalue weighted by atomic mass is 10.1. The van der Waals surface area contributed by atoms with E-state index in [0.717, 1.165) is 12.8 Å². The van der Waals surface area contributed by atoms with Crippen LogP contribution in [0.3, 0.4) is 0 Å². The van der Waals surface area contributed by atoms with Gasteiger partial charge in [0.05, 0.1) is 6.04 Å². The highest BCUT2D eigenvalue weighted by Gasteiger charge is 2.49. The molecule has 3 heteroatoms. The zero-order chi connectivity index (χ0) is 12.7. The van der Waals surface area contributed by atoms with E-state index in [1.807, 2.05) is 18.2 Å². The van der Waals surface area contributed by atoms with Crippen LogP contribution in [0.1, 0.15) is 38.4 Å². The van der Waals surface area contributed by atoms with Crippen LogP contribution in [0.5, 0.6) is 0 Å². The van der Waals surface area contributed by atoms with Gasteiger partial charge in [-0.25, -0.2) is 0 Å². The number of amides is 1. The van der Waals surface area contributed by atoms with Crippen molar-refractivity contribution in [2.45, 2.75) is 44.9 Å². The fraction of sp³-hybridized carbons (Fsp3) is 0.533. The maximum atomic E-state index is 12.4. The average Bonchev–Trinajstić information content (AvgIpc) is 3.01. The number of carbonyl (C=O) groups is 1.